The first-order valence-electron chi connectivity index (χ1n) is 5.54. The molecule has 2 aromatic heterocycles. The number of fused-ring (bicyclic) bond motifs is 1. The summed E-state index contributed by atoms with van der Waals surface area (Å²) >= 11 is 1.26. The van der Waals surface area contributed by atoms with Crippen LogP contribution in [0.4, 0.5) is 0 Å². The molecule has 0 bridgehead atoms. The van der Waals surface area contributed by atoms with Gasteiger partial charge in [0.2, 0.25) is 0 Å². The van der Waals surface area contributed by atoms with E-state index >= 15 is 0 Å². The van der Waals surface area contributed by atoms with Crippen LogP contribution in [0.25, 0.3) is 10.9 Å². The van der Waals surface area contributed by atoms with E-state index in [4.69, 9.17) is 5.11 Å². The maximum atomic E-state index is 11.1. The molecule has 0 amide bonds. The molecule has 0 aliphatic carbocycles. The van der Waals surface area contributed by atoms with Crippen LogP contribution in [0.5, 0.6) is 0 Å². The van der Waals surface area contributed by atoms with Gasteiger partial charge in [-0.1, -0.05) is 18.2 Å². The van der Waals surface area contributed by atoms with Gasteiger partial charge in [-0.25, -0.2) is 14.8 Å². The lowest BCUT2D eigenvalue weighted by Gasteiger charge is -2.00. The number of aromatic amines is 1. The van der Waals surface area contributed by atoms with Crippen molar-refractivity contribution in [3.8, 4) is 0 Å². The molecule has 0 saturated carbocycles. The van der Waals surface area contributed by atoms with E-state index in [-0.39, 0.29) is 5.69 Å². The molecule has 6 heteroatoms. The standard InChI is InChI=1S/C13H9N3O2S/c17-13(18)11-12(15-6-5-14-11)19-10-7-8-3-1-2-4-9(8)16-10/h1-7,16H,(H,17,18). The Bertz CT molecular complexity index is 721. The molecule has 0 radical (unpaired) electrons. The highest BCUT2D eigenvalue weighted by atomic mass is 32.2. The lowest BCUT2D eigenvalue weighted by Crippen LogP contribution is -2.03. The van der Waals surface area contributed by atoms with Crippen LogP contribution < -0.4 is 0 Å². The predicted molar refractivity (Wildman–Crippen MR) is 71.4 cm³/mol. The van der Waals surface area contributed by atoms with Gasteiger partial charge in [-0.3, -0.25) is 0 Å². The molecular formula is C13H9N3O2S. The first kappa shape index (κ1) is 11.7. The molecule has 94 valence electrons. The summed E-state index contributed by atoms with van der Waals surface area (Å²) < 4.78 is 0. The fraction of sp³-hybridized carbons (Fsp3) is 0. The summed E-state index contributed by atoms with van der Waals surface area (Å²) in [6.45, 7) is 0. The minimum Gasteiger partial charge on any atom is -0.476 e. The highest BCUT2D eigenvalue weighted by Crippen LogP contribution is 2.29. The van der Waals surface area contributed by atoms with Gasteiger partial charge in [0.05, 0.1) is 5.03 Å². The van der Waals surface area contributed by atoms with Crippen molar-refractivity contribution in [3.63, 3.8) is 0 Å². The molecule has 5 nitrogen and oxygen atoms in total. The first-order valence-corrected chi connectivity index (χ1v) is 6.35. The number of hydrogen-bond donors (Lipinski definition) is 2. The van der Waals surface area contributed by atoms with Crippen LogP contribution in [0.1, 0.15) is 10.5 Å². The summed E-state index contributed by atoms with van der Waals surface area (Å²) in [5.74, 6) is -1.08. The highest BCUT2D eigenvalue weighted by Gasteiger charge is 2.14. The summed E-state index contributed by atoms with van der Waals surface area (Å²) in [6.07, 6.45) is 2.86. The second kappa shape index (κ2) is 4.74. The number of nitrogens with one attached hydrogen (secondary N) is 1. The summed E-state index contributed by atoms with van der Waals surface area (Å²) in [6, 6.07) is 9.81. The summed E-state index contributed by atoms with van der Waals surface area (Å²) in [7, 11) is 0. The van der Waals surface area contributed by atoms with Gasteiger partial charge in [-0.05, 0) is 23.9 Å². The predicted octanol–water partition coefficient (Wildman–Crippen LogP) is 2.81. The smallest absolute Gasteiger partial charge is 0.357 e. The first-order chi connectivity index (χ1) is 9.24. The van der Waals surface area contributed by atoms with Gasteiger partial charge in [0, 0.05) is 23.3 Å². The van der Waals surface area contributed by atoms with E-state index in [2.05, 4.69) is 15.0 Å². The number of nitrogens with zero attached hydrogens (tertiary/aromatic N) is 2. The van der Waals surface area contributed by atoms with Crippen molar-refractivity contribution in [2.24, 2.45) is 0 Å². The van der Waals surface area contributed by atoms with Gasteiger partial charge in [0.25, 0.3) is 0 Å². The molecule has 2 heterocycles. The number of aromatic nitrogens is 3. The highest BCUT2D eigenvalue weighted by molar-refractivity contribution is 7.99. The van der Waals surface area contributed by atoms with E-state index < -0.39 is 5.97 Å². The van der Waals surface area contributed by atoms with E-state index in [1.165, 1.54) is 24.2 Å². The van der Waals surface area contributed by atoms with Crippen LogP contribution >= 0.6 is 11.8 Å². The molecule has 19 heavy (non-hydrogen) atoms. The third-order valence-corrected chi connectivity index (χ3v) is 3.51. The van der Waals surface area contributed by atoms with E-state index in [1.807, 2.05) is 30.3 Å². The van der Waals surface area contributed by atoms with Crippen LogP contribution in [0.3, 0.4) is 0 Å². The molecule has 1 aromatic carbocycles. The Labute approximate surface area is 112 Å². The molecular weight excluding hydrogens is 262 g/mol. The van der Waals surface area contributed by atoms with Crippen molar-refractivity contribution in [1.82, 2.24) is 15.0 Å². The number of H-pyrrole nitrogens is 1. The van der Waals surface area contributed by atoms with Gasteiger partial charge in [-0.2, -0.15) is 0 Å². The Morgan fingerprint density at radius 2 is 2.00 bits per heavy atom. The fourth-order valence-corrected chi connectivity index (χ4v) is 2.66. The zero-order valence-electron chi connectivity index (χ0n) is 9.70. The molecule has 0 atom stereocenters. The van der Waals surface area contributed by atoms with Crippen LogP contribution in [-0.4, -0.2) is 26.0 Å². The van der Waals surface area contributed by atoms with E-state index in [0.29, 0.717) is 5.03 Å². The van der Waals surface area contributed by atoms with Crippen molar-refractivity contribution < 1.29 is 9.90 Å². The number of carboxylic acid groups (broad SMARTS) is 1. The van der Waals surface area contributed by atoms with Crippen LogP contribution in [0, 0.1) is 0 Å². The number of para-hydroxylation sites is 1. The van der Waals surface area contributed by atoms with Crippen LogP contribution in [-0.2, 0) is 0 Å². The van der Waals surface area contributed by atoms with Crippen molar-refractivity contribution in [2.45, 2.75) is 10.1 Å². The van der Waals surface area contributed by atoms with E-state index in [0.717, 1.165) is 15.9 Å². The fourth-order valence-electron chi connectivity index (χ4n) is 1.75. The second-order valence-electron chi connectivity index (χ2n) is 3.84. The van der Waals surface area contributed by atoms with Gasteiger partial charge >= 0.3 is 5.97 Å². The van der Waals surface area contributed by atoms with Gasteiger partial charge in [0.1, 0.15) is 5.03 Å². The van der Waals surface area contributed by atoms with Gasteiger partial charge in [0.15, 0.2) is 5.69 Å². The van der Waals surface area contributed by atoms with Gasteiger partial charge in [-0.15, -0.1) is 0 Å². The molecule has 0 fully saturated rings. The topological polar surface area (TPSA) is 78.9 Å². The van der Waals surface area contributed by atoms with Crippen LogP contribution in [0.15, 0.2) is 52.8 Å². The SMILES string of the molecule is O=C(O)c1nccnc1Sc1cc2ccccc2[nH]1. The normalized spacial score (nSPS) is 10.7. The molecule has 3 rings (SSSR count). The zero-order chi connectivity index (χ0) is 13.2. The lowest BCUT2D eigenvalue weighted by atomic mass is 10.3. The van der Waals surface area contributed by atoms with Crippen molar-refractivity contribution in [3.05, 3.63) is 48.4 Å². The Morgan fingerprint density at radius 1 is 1.21 bits per heavy atom. The largest absolute Gasteiger partial charge is 0.476 e. The number of carboxylic acids is 1. The van der Waals surface area contributed by atoms with Crippen molar-refractivity contribution in [1.29, 1.82) is 0 Å². The molecule has 0 spiro atoms. The Morgan fingerprint density at radius 3 is 2.79 bits per heavy atom. The summed E-state index contributed by atoms with van der Waals surface area (Å²) in [5, 5.41) is 11.3. The average Bonchev–Trinajstić information content (AvgIpc) is 2.81. The van der Waals surface area contributed by atoms with Crippen LogP contribution in [0.2, 0.25) is 0 Å². The lowest BCUT2D eigenvalue weighted by molar-refractivity contribution is 0.0685. The summed E-state index contributed by atoms with van der Waals surface area (Å²) in [4.78, 5) is 22.2. The minimum absolute atomic E-state index is 0.0360. The number of rotatable bonds is 3. The number of hydrogen-bond acceptors (Lipinski definition) is 4. The maximum Gasteiger partial charge on any atom is 0.357 e. The quantitative estimate of drug-likeness (QED) is 0.765. The number of carbonyl (C=O) groups is 1. The molecule has 0 unspecified atom stereocenters. The van der Waals surface area contributed by atoms with E-state index in [1.54, 1.807) is 0 Å². The molecule has 2 N–H and O–H groups in total. The van der Waals surface area contributed by atoms with Gasteiger partial charge < -0.3 is 10.1 Å². The maximum absolute atomic E-state index is 11.1. The minimum atomic E-state index is -1.08. The van der Waals surface area contributed by atoms with E-state index in [9.17, 15) is 4.79 Å². The average molecular weight is 271 g/mol. The summed E-state index contributed by atoms with van der Waals surface area (Å²) in [5.41, 5.74) is 0.969. The molecule has 0 aliphatic heterocycles. The third kappa shape index (κ3) is 2.30. The Balaban J connectivity index is 1.99. The van der Waals surface area contributed by atoms with Crippen molar-refractivity contribution >= 4 is 28.6 Å². The molecule has 0 saturated heterocycles. The number of benzene rings is 1. The third-order valence-electron chi connectivity index (χ3n) is 2.58. The molecule has 3 aromatic rings. The Hall–Kier alpha value is -2.34. The monoisotopic (exact) mass is 271 g/mol. The molecule has 0 aliphatic rings. The zero-order valence-corrected chi connectivity index (χ0v) is 10.5. The second-order valence-corrected chi connectivity index (χ2v) is 4.87. The Kier molecular flexibility index (Phi) is 2.92. The van der Waals surface area contributed by atoms with Crippen molar-refractivity contribution in [2.75, 3.05) is 0 Å². The number of aromatic carboxylic acids is 1.